The molecule has 0 aliphatic heterocycles. The van der Waals surface area contributed by atoms with Crippen molar-refractivity contribution in [2.24, 2.45) is 5.10 Å². The first-order valence-corrected chi connectivity index (χ1v) is 11.3. The molecule has 0 amide bonds. The Labute approximate surface area is 188 Å². The van der Waals surface area contributed by atoms with Crippen molar-refractivity contribution in [3.05, 3.63) is 41.9 Å². The summed E-state index contributed by atoms with van der Waals surface area (Å²) < 4.78 is 11.6. The number of nitrogens with one attached hydrogen (secondary N) is 2. The van der Waals surface area contributed by atoms with Gasteiger partial charge in [0.25, 0.3) is 0 Å². The number of unbranched alkanes of at least 4 members (excludes halogenated alkanes) is 1. The highest BCUT2D eigenvalue weighted by atomic mass is 16.5. The van der Waals surface area contributed by atoms with E-state index < -0.39 is 0 Å². The van der Waals surface area contributed by atoms with Gasteiger partial charge in [-0.15, -0.1) is 0 Å². The van der Waals surface area contributed by atoms with Crippen LogP contribution in [-0.4, -0.2) is 50.6 Å². The number of ether oxygens (including phenoxy) is 2. The summed E-state index contributed by atoms with van der Waals surface area (Å²) in [6.07, 6.45) is 6.92. The van der Waals surface area contributed by atoms with Crippen LogP contribution in [0.3, 0.4) is 0 Å². The Morgan fingerprint density at radius 2 is 2.03 bits per heavy atom. The largest absolute Gasteiger partial charge is 0.476 e. The van der Waals surface area contributed by atoms with E-state index in [9.17, 15) is 0 Å². The SMILES string of the molecule is C=C(C)/C=C(/N/N=C/c1cc(N(CCC)CCCC)cc(OCCNC)n1)OC(C)C. The first-order valence-electron chi connectivity index (χ1n) is 11.3. The maximum Gasteiger partial charge on any atom is 0.215 e. The number of aromatic nitrogens is 1. The van der Waals surface area contributed by atoms with Gasteiger partial charge in [0.05, 0.1) is 18.0 Å². The van der Waals surface area contributed by atoms with Gasteiger partial charge in [-0.25, -0.2) is 10.4 Å². The fraction of sp³-hybridized carbons (Fsp3) is 0.583. The molecule has 174 valence electrons. The molecule has 1 rings (SSSR count). The number of nitrogens with zero attached hydrogens (tertiary/aromatic N) is 3. The minimum Gasteiger partial charge on any atom is -0.476 e. The lowest BCUT2D eigenvalue weighted by Gasteiger charge is -2.25. The highest BCUT2D eigenvalue weighted by Crippen LogP contribution is 2.22. The summed E-state index contributed by atoms with van der Waals surface area (Å²) in [4.78, 5) is 6.99. The average Bonchev–Trinajstić information content (AvgIpc) is 2.70. The van der Waals surface area contributed by atoms with Crippen LogP contribution in [0.4, 0.5) is 5.69 Å². The maximum absolute atomic E-state index is 5.86. The second kappa shape index (κ2) is 15.3. The van der Waals surface area contributed by atoms with E-state index in [0.717, 1.165) is 55.9 Å². The van der Waals surface area contributed by atoms with Gasteiger partial charge >= 0.3 is 0 Å². The smallest absolute Gasteiger partial charge is 0.215 e. The number of hydrogen-bond acceptors (Lipinski definition) is 7. The van der Waals surface area contributed by atoms with E-state index in [2.05, 4.69) is 46.2 Å². The zero-order chi connectivity index (χ0) is 23.1. The van der Waals surface area contributed by atoms with Gasteiger partial charge in [-0.2, -0.15) is 5.10 Å². The van der Waals surface area contributed by atoms with Gasteiger partial charge in [-0.1, -0.05) is 32.4 Å². The third-order valence-corrected chi connectivity index (χ3v) is 4.16. The van der Waals surface area contributed by atoms with Crippen LogP contribution in [0.25, 0.3) is 0 Å². The first-order chi connectivity index (χ1) is 14.9. The third-order valence-electron chi connectivity index (χ3n) is 4.16. The van der Waals surface area contributed by atoms with E-state index in [-0.39, 0.29) is 6.10 Å². The van der Waals surface area contributed by atoms with Crippen molar-refractivity contribution in [1.82, 2.24) is 15.7 Å². The van der Waals surface area contributed by atoms with Crippen LogP contribution in [0, 0.1) is 0 Å². The molecule has 1 heterocycles. The Hall–Kier alpha value is -2.54. The quantitative estimate of drug-likeness (QED) is 0.132. The molecule has 0 radical (unpaired) electrons. The Kier molecular flexibility index (Phi) is 13.1. The first kappa shape index (κ1) is 26.5. The number of hydrazone groups is 1. The molecule has 0 saturated heterocycles. The Morgan fingerprint density at radius 3 is 2.65 bits per heavy atom. The summed E-state index contributed by atoms with van der Waals surface area (Å²) in [7, 11) is 1.90. The van der Waals surface area contributed by atoms with Crippen molar-refractivity contribution < 1.29 is 9.47 Å². The molecule has 0 fully saturated rings. The molecule has 0 atom stereocenters. The van der Waals surface area contributed by atoms with Gasteiger partial charge in [0.15, 0.2) is 0 Å². The van der Waals surface area contributed by atoms with Gasteiger partial charge in [-0.05, 0) is 46.7 Å². The lowest BCUT2D eigenvalue weighted by Crippen LogP contribution is -2.25. The number of rotatable bonds is 16. The number of hydrogen-bond donors (Lipinski definition) is 2. The Bertz CT molecular complexity index is 716. The minimum atomic E-state index is 0.0306. The number of pyridine rings is 1. The molecule has 7 nitrogen and oxygen atoms in total. The average molecular weight is 432 g/mol. The van der Waals surface area contributed by atoms with Crippen LogP contribution in [0.5, 0.6) is 5.88 Å². The zero-order valence-electron chi connectivity index (χ0n) is 20.2. The van der Waals surface area contributed by atoms with Crippen LogP contribution >= 0.6 is 0 Å². The van der Waals surface area contributed by atoms with E-state index in [0.29, 0.717) is 18.4 Å². The lowest BCUT2D eigenvalue weighted by atomic mass is 10.2. The molecule has 0 saturated carbocycles. The predicted octanol–water partition coefficient (Wildman–Crippen LogP) is 4.46. The molecule has 1 aromatic heterocycles. The highest BCUT2D eigenvalue weighted by molar-refractivity contribution is 5.79. The van der Waals surface area contributed by atoms with Gasteiger partial charge < -0.3 is 19.7 Å². The summed E-state index contributed by atoms with van der Waals surface area (Å²) in [6, 6.07) is 4.06. The Balaban J connectivity index is 3.10. The molecule has 0 aliphatic carbocycles. The molecular formula is C24H41N5O2. The molecule has 2 N–H and O–H groups in total. The molecule has 0 spiro atoms. The van der Waals surface area contributed by atoms with Crippen LogP contribution in [0.15, 0.2) is 41.3 Å². The molecule has 0 aliphatic rings. The topological polar surface area (TPSA) is 71.0 Å². The summed E-state index contributed by atoms with van der Waals surface area (Å²) in [6.45, 7) is 17.5. The van der Waals surface area contributed by atoms with Crippen molar-refractivity contribution in [3.63, 3.8) is 0 Å². The van der Waals surface area contributed by atoms with Gasteiger partial charge in [0.1, 0.15) is 6.61 Å². The van der Waals surface area contributed by atoms with E-state index in [1.165, 1.54) is 0 Å². The molecular weight excluding hydrogens is 390 g/mol. The van der Waals surface area contributed by atoms with Crippen LogP contribution < -0.4 is 20.4 Å². The third kappa shape index (κ3) is 11.4. The monoisotopic (exact) mass is 431 g/mol. The van der Waals surface area contributed by atoms with Crippen molar-refractivity contribution in [1.29, 1.82) is 0 Å². The van der Waals surface area contributed by atoms with Crippen molar-refractivity contribution in [2.75, 3.05) is 38.2 Å². The second-order valence-electron chi connectivity index (χ2n) is 7.77. The van der Waals surface area contributed by atoms with Crippen LogP contribution in [-0.2, 0) is 4.74 Å². The van der Waals surface area contributed by atoms with E-state index in [1.54, 1.807) is 6.21 Å². The lowest BCUT2D eigenvalue weighted by molar-refractivity contribution is 0.131. The van der Waals surface area contributed by atoms with Crippen LogP contribution in [0.1, 0.15) is 59.6 Å². The predicted molar refractivity (Wildman–Crippen MR) is 131 cm³/mol. The molecule has 1 aromatic rings. The summed E-state index contributed by atoms with van der Waals surface area (Å²) in [5.74, 6) is 1.15. The standard InChI is InChI=1S/C24H41N5O2/c1-8-10-13-29(12-9-2)22-16-21(27-23(17-22)30-14-11-25-7)18-26-28-24(15-19(3)4)31-20(5)6/h15-18,20,25,28H,3,8-14H2,1-2,4-7H3/b24-15-,26-18+. The van der Waals surface area contributed by atoms with Crippen molar-refractivity contribution in [2.45, 2.75) is 60.0 Å². The number of allylic oxidation sites excluding steroid dienone is 2. The summed E-state index contributed by atoms with van der Waals surface area (Å²) >= 11 is 0. The molecule has 0 unspecified atom stereocenters. The Morgan fingerprint density at radius 1 is 1.26 bits per heavy atom. The normalized spacial score (nSPS) is 11.8. The fourth-order valence-electron chi connectivity index (χ4n) is 2.81. The molecule has 0 aromatic carbocycles. The van der Waals surface area contributed by atoms with Crippen molar-refractivity contribution >= 4 is 11.9 Å². The van der Waals surface area contributed by atoms with Crippen LogP contribution in [0.2, 0.25) is 0 Å². The summed E-state index contributed by atoms with van der Waals surface area (Å²) in [5, 5.41) is 7.43. The highest BCUT2D eigenvalue weighted by Gasteiger charge is 2.10. The second-order valence-corrected chi connectivity index (χ2v) is 7.77. The van der Waals surface area contributed by atoms with E-state index in [1.807, 2.05) is 46.0 Å². The van der Waals surface area contributed by atoms with E-state index in [4.69, 9.17) is 9.47 Å². The fourth-order valence-corrected chi connectivity index (χ4v) is 2.81. The van der Waals surface area contributed by atoms with Crippen molar-refractivity contribution in [3.8, 4) is 5.88 Å². The van der Waals surface area contributed by atoms with Gasteiger partial charge in [0, 0.05) is 37.5 Å². The molecule has 7 heteroatoms. The molecule has 0 bridgehead atoms. The van der Waals surface area contributed by atoms with Gasteiger partial charge in [-0.3, -0.25) is 0 Å². The minimum absolute atomic E-state index is 0.0306. The van der Waals surface area contributed by atoms with Gasteiger partial charge in [0.2, 0.25) is 11.8 Å². The molecule has 31 heavy (non-hydrogen) atoms. The number of likely N-dealkylation sites (N-methyl/N-ethyl adjacent to an activating group) is 1. The summed E-state index contributed by atoms with van der Waals surface area (Å²) in [5.41, 5.74) is 5.66. The zero-order valence-corrected chi connectivity index (χ0v) is 20.2. The number of anilines is 1. The maximum atomic E-state index is 5.86. The van der Waals surface area contributed by atoms with E-state index >= 15 is 0 Å².